The highest BCUT2D eigenvalue weighted by molar-refractivity contribution is 6.35. The summed E-state index contributed by atoms with van der Waals surface area (Å²) in [7, 11) is 0. The molecule has 0 amide bonds. The van der Waals surface area contributed by atoms with E-state index in [-0.39, 0.29) is 11.5 Å². The van der Waals surface area contributed by atoms with Crippen molar-refractivity contribution in [3.63, 3.8) is 0 Å². The van der Waals surface area contributed by atoms with Gasteiger partial charge < -0.3 is 26.4 Å². The molecule has 9 nitrogen and oxygen atoms in total. The fourth-order valence-corrected chi connectivity index (χ4v) is 5.39. The molecule has 54 heavy (non-hydrogen) atoms. The maximum Gasteiger partial charge on any atom is 0.117 e. The van der Waals surface area contributed by atoms with Gasteiger partial charge in [-0.05, 0) is 79.2 Å². The predicted molar refractivity (Wildman–Crippen MR) is 221 cm³/mol. The van der Waals surface area contributed by atoms with Crippen molar-refractivity contribution in [3.8, 4) is 34.0 Å². The SMILES string of the molecule is CCCCO.Clc1ccnc2cc(-c3ccccn3)ccc12.Nc1cccc(O)c1.Oc1cccc(Nc2ccnc3cc(-c4ccccn4)ccc23)c1. The zero-order valence-corrected chi connectivity index (χ0v) is 30.5. The number of benzene rings is 4. The first-order valence-corrected chi connectivity index (χ1v) is 17.7. The Bertz CT molecular complexity index is 2360. The first-order chi connectivity index (χ1) is 26.3. The van der Waals surface area contributed by atoms with Gasteiger partial charge in [-0.3, -0.25) is 19.9 Å². The van der Waals surface area contributed by atoms with Crippen LogP contribution >= 0.6 is 11.6 Å². The fourth-order valence-electron chi connectivity index (χ4n) is 5.18. The van der Waals surface area contributed by atoms with E-state index in [4.69, 9.17) is 27.5 Å². The van der Waals surface area contributed by atoms with E-state index >= 15 is 0 Å². The number of rotatable bonds is 6. The molecule has 0 unspecified atom stereocenters. The van der Waals surface area contributed by atoms with Gasteiger partial charge in [-0.2, -0.15) is 0 Å². The molecule has 0 bridgehead atoms. The van der Waals surface area contributed by atoms with E-state index < -0.39 is 0 Å². The van der Waals surface area contributed by atoms with E-state index in [1.54, 1.807) is 67.3 Å². The zero-order chi connectivity index (χ0) is 38.1. The number of fused-ring (bicyclic) bond motifs is 2. The number of halogens is 1. The number of aromatic nitrogens is 4. The fraction of sp³-hybridized carbons (Fsp3) is 0.0909. The Kier molecular flexibility index (Phi) is 14.2. The van der Waals surface area contributed by atoms with Crippen LogP contribution in [0.2, 0.25) is 5.02 Å². The number of phenolic OH excluding ortho intramolecular Hbond substituents is 2. The number of pyridine rings is 4. The summed E-state index contributed by atoms with van der Waals surface area (Å²) in [6.45, 7) is 2.40. The number of hydrogen-bond acceptors (Lipinski definition) is 9. The number of aromatic hydroxyl groups is 2. The molecule has 272 valence electrons. The highest BCUT2D eigenvalue weighted by Gasteiger charge is 2.07. The monoisotopic (exact) mass is 736 g/mol. The van der Waals surface area contributed by atoms with Crippen LogP contribution in [-0.2, 0) is 0 Å². The Morgan fingerprint density at radius 1 is 0.593 bits per heavy atom. The van der Waals surface area contributed by atoms with Gasteiger partial charge in [0.15, 0.2) is 0 Å². The minimum absolute atomic E-state index is 0.213. The molecule has 0 aliphatic rings. The molecule has 4 aromatic carbocycles. The van der Waals surface area contributed by atoms with Crippen molar-refractivity contribution in [2.24, 2.45) is 0 Å². The molecule has 0 saturated carbocycles. The van der Waals surface area contributed by atoms with Gasteiger partial charge in [0.25, 0.3) is 0 Å². The average Bonchev–Trinajstić information content (AvgIpc) is 3.19. The minimum atomic E-state index is 0.213. The quantitative estimate of drug-likeness (QED) is 0.105. The van der Waals surface area contributed by atoms with E-state index in [1.165, 1.54) is 6.07 Å². The van der Waals surface area contributed by atoms with Gasteiger partial charge in [0, 0.05) is 82.5 Å². The summed E-state index contributed by atoms with van der Waals surface area (Å²) in [6.07, 6.45) is 9.09. The van der Waals surface area contributed by atoms with Crippen LogP contribution in [0.4, 0.5) is 17.1 Å². The van der Waals surface area contributed by atoms with Crippen LogP contribution in [0.25, 0.3) is 44.3 Å². The third-order valence-corrected chi connectivity index (χ3v) is 8.19. The summed E-state index contributed by atoms with van der Waals surface area (Å²) < 4.78 is 0. The average molecular weight is 737 g/mol. The topological polar surface area (TPSA) is 150 Å². The Morgan fingerprint density at radius 3 is 1.70 bits per heavy atom. The van der Waals surface area contributed by atoms with Gasteiger partial charge in [0.1, 0.15) is 11.5 Å². The summed E-state index contributed by atoms with van der Waals surface area (Å²) in [5.41, 5.74) is 13.4. The highest BCUT2D eigenvalue weighted by Crippen LogP contribution is 2.30. The van der Waals surface area contributed by atoms with Gasteiger partial charge in [0.05, 0.1) is 27.4 Å². The summed E-state index contributed by atoms with van der Waals surface area (Å²) in [6, 6.07) is 41.1. The molecular weight excluding hydrogens is 696 g/mol. The van der Waals surface area contributed by atoms with Crippen LogP contribution in [0.15, 0.2) is 158 Å². The van der Waals surface area contributed by atoms with Gasteiger partial charge in [-0.25, -0.2) is 0 Å². The molecule has 6 N–H and O–H groups in total. The van der Waals surface area contributed by atoms with E-state index in [0.29, 0.717) is 12.3 Å². The number of nitrogens with one attached hydrogen (secondary N) is 1. The standard InChI is InChI=1S/C20H15N3O.C14H9ClN2.C6H7NO.C4H10O/c24-16-5-3-4-15(13-16)23-19-9-11-22-20-12-14(7-8-17(19)20)18-6-1-2-10-21-18;15-12-6-8-17-14-9-10(4-5-11(12)14)13-3-1-2-7-16-13;7-5-2-1-3-6(8)4-5;1-2-3-4-5/h1-13,24H,(H,22,23);1-9H;1-4,8H,7H2;5H,2-4H2,1H3. The number of aliphatic hydroxyl groups is 1. The maximum atomic E-state index is 9.61. The molecule has 0 spiro atoms. The summed E-state index contributed by atoms with van der Waals surface area (Å²) in [5.74, 6) is 0.445. The molecule has 0 radical (unpaired) electrons. The second kappa shape index (κ2) is 19.9. The van der Waals surface area contributed by atoms with Crippen molar-refractivity contribution in [1.29, 1.82) is 0 Å². The van der Waals surface area contributed by atoms with Crippen LogP contribution in [0.3, 0.4) is 0 Å². The first kappa shape index (κ1) is 38.7. The van der Waals surface area contributed by atoms with Gasteiger partial charge in [-0.1, -0.05) is 73.5 Å². The van der Waals surface area contributed by atoms with Crippen molar-refractivity contribution in [2.45, 2.75) is 19.8 Å². The molecule has 0 aliphatic heterocycles. The number of phenols is 2. The van der Waals surface area contributed by atoms with E-state index in [9.17, 15) is 5.11 Å². The largest absolute Gasteiger partial charge is 0.508 e. The van der Waals surface area contributed by atoms with Gasteiger partial charge in [-0.15, -0.1) is 0 Å². The van der Waals surface area contributed by atoms with Crippen LogP contribution in [-0.4, -0.2) is 41.9 Å². The van der Waals surface area contributed by atoms with Crippen LogP contribution in [0.1, 0.15) is 19.8 Å². The van der Waals surface area contributed by atoms with Crippen molar-refractivity contribution in [1.82, 2.24) is 19.9 Å². The maximum absolute atomic E-state index is 9.61. The predicted octanol–water partition coefficient (Wildman–Crippen LogP) is 10.4. The van der Waals surface area contributed by atoms with Crippen LogP contribution < -0.4 is 11.1 Å². The molecule has 8 rings (SSSR count). The number of nitrogens with zero attached hydrogens (tertiary/aromatic N) is 4. The Balaban J connectivity index is 0.000000161. The first-order valence-electron chi connectivity index (χ1n) is 17.3. The zero-order valence-electron chi connectivity index (χ0n) is 29.7. The third-order valence-electron chi connectivity index (χ3n) is 7.86. The molecule has 8 aromatic rings. The second-order valence-electron chi connectivity index (χ2n) is 11.9. The van der Waals surface area contributed by atoms with E-state index in [0.717, 1.165) is 73.6 Å². The number of unbranched alkanes of at least 4 members (excludes halogenated alkanes) is 1. The highest BCUT2D eigenvalue weighted by atomic mass is 35.5. The molecular formula is C44H41ClN6O3. The normalized spacial score (nSPS) is 10.2. The number of hydrogen-bond donors (Lipinski definition) is 5. The Morgan fingerprint density at radius 2 is 1.19 bits per heavy atom. The minimum Gasteiger partial charge on any atom is -0.508 e. The number of anilines is 3. The lowest BCUT2D eigenvalue weighted by molar-refractivity contribution is 0.287. The van der Waals surface area contributed by atoms with Crippen molar-refractivity contribution < 1.29 is 15.3 Å². The van der Waals surface area contributed by atoms with Crippen molar-refractivity contribution in [3.05, 3.63) is 163 Å². The number of aliphatic hydroxyl groups excluding tert-OH is 1. The molecule has 0 fully saturated rings. The number of nitrogens with two attached hydrogens (primary N) is 1. The van der Waals surface area contributed by atoms with Crippen molar-refractivity contribution in [2.75, 3.05) is 17.7 Å². The number of nitrogen functional groups attached to an aromatic ring is 1. The van der Waals surface area contributed by atoms with Crippen LogP contribution in [0, 0.1) is 0 Å². The van der Waals surface area contributed by atoms with Crippen LogP contribution in [0.5, 0.6) is 11.5 Å². The van der Waals surface area contributed by atoms with Crippen molar-refractivity contribution >= 4 is 50.5 Å². The molecule has 0 aliphatic carbocycles. The van der Waals surface area contributed by atoms with E-state index in [2.05, 4.69) is 32.2 Å². The molecule has 4 aromatic heterocycles. The Labute approximate surface area is 319 Å². The lowest BCUT2D eigenvalue weighted by Crippen LogP contribution is -1.93. The van der Waals surface area contributed by atoms with E-state index in [1.807, 2.05) is 84.9 Å². The molecule has 4 heterocycles. The summed E-state index contributed by atoms with van der Waals surface area (Å²) in [5, 5.41) is 32.4. The molecule has 10 heteroatoms. The second-order valence-corrected chi connectivity index (χ2v) is 12.3. The summed E-state index contributed by atoms with van der Waals surface area (Å²) in [4.78, 5) is 17.5. The Hall–Kier alpha value is -6.55. The summed E-state index contributed by atoms with van der Waals surface area (Å²) >= 11 is 6.10. The lowest BCUT2D eigenvalue weighted by Gasteiger charge is -2.10. The van der Waals surface area contributed by atoms with Gasteiger partial charge in [0.2, 0.25) is 0 Å². The van der Waals surface area contributed by atoms with Gasteiger partial charge >= 0.3 is 0 Å². The third kappa shape index (κ3) is 11.2. The molecule has 0 saturated heterocycles. The smallest absolute Gasteiger partial charge is 0.117 e. The lowest BCUT2D eigenvalue weighted by atomic mass is 10.1. The molecule has 0 atom stereocenters.